The molecule has 24 heavy (non-hydrogen) atoms. The standard InChI is InChI=1S/C18H35N5O/c1-5-17(24)22-11-9-15(13-22)21-18(19-6-2)20-10-12-23(14(3)4)16-7-8-16/h14-16H,5-13H2,1-4H3,(H2,19,20,21). The lowest BCUT2D eigenvalue weighted by atomic mass is 10.3. The predicted molar refractivity (Wildman–Crippen MR) is 99.3 cm³/mol. The molecule has 138 valence electrons. The summed E-state index contributed by atoms with van der Waals surface area (Å²) in [6.07, 6.45) is 4.26. The number of guanidine groups is 1. The Labute approximate surface area is 147 Å². The minimum atomic E-state index is 0.248. The van der Waals surface area contributed by atoms with Gasteiger partial charge in [0.1, 0.15) is 0 Å². The largest absolute Gasteiger partial charge is 0.357 e. The molecule has 0 spiro atoms. The van der Waals surface area contributed by atoms with Gasteiger partial charge in [-0.15, -0.1) is 0 Å². The smallest absolute Gasteiger partial charge is 0.222 e. The van der Waals surface area contributed by atoms with E-state index in [4.69, 9.17) is 4.99 Å². The van der Waals surface area contributed by atoms with Gasteiger partial charge in [0.2, 0.25) is 5.91 Å². The second kappa shape index (κ2) is 9.25. The summed E-state index contributed by atoms with van der Waals surface area (Å²) in [5.74, 6) is 1.13. The summed E-state index contributed by atoms with van der Waals surface area (Å²) in [5.41, 5.74) is 0. The topological polar surface area (TPSA) is 60.0 Å². The summed E-state index contributed by atoms with van der Waals surface area (Å²) < 4.78 is 0. The van der Waals surface area contributed by atoms with Crippen molar-refractivity contribution in [3.63, 3.8) is 0 Å². The van der Waals surface area contributed by atoms with E-state index in [0.717, 1.165) is 51.1 Å². The minimum absolute atomic E-state index is 0.248. The number of nitrogens with one attached hydrogen (secondary N) is 2. The predicted octanol–water partition coefficient (Wildman–Crippen LogP) is 1.43. The Balaban J connectivity index is 1.81. The summed E-state index contributed by atoms with van der Waals surface area (Å²) in [7, 11) is 0. The van der Waals surface area contributed by atoms with Crippen LogP contribution in [0.1, 0.15) is 53.4 Å². The van der Waals surface area contributed by atoms with Gasteiger partial charge >= 0.3 is 0 Å². The molecule has 0 aromatic heterocycles. The van der Waals surface area contributed by atoms with E-state index in [1.807, 2.05) is 11.8 Å². The molecule has 6 nitrogen and oxygen atoms in total. The van der Waals surface area contributed by atoms with Gasteiger partial charge in [-0.1, -0.05) is 6.92 Å². The first-order valence-corrected chi connectivity index (χ1v) is 9.63. The van der Waals surface area contributed by atoms with E-state index < -0.39 is 0 Å². The van der Waals surface area contributed by atoms with Crippen LogP contribution in [0.25, 0.3) is 0 Å². The maximum atomic E-state index is 11.8. The van der Waals surface area contributed by atoms with E-state index in [-0.39, 0.29) is 5.91 Å². The number of amides is 1. The molecule has 1 heterocycles. The second-order valence-electron chi connectivity index (χ2n) is 7.15. The zero-order chi connectivity index (χ0) is 17.5. The lowest BCUT2D eigenvalue weighted by Crippen LogP contribution is -2.45. The zero-order valence-electron chi connectivity index (χ0n) is 15.8. The fourth-order valence-electron chi connectivity index (χ4n) is 3.39. The molecule has 2 aliphatic rings. The van der Waals surface area contributed by atoms with E-state index >= 15 is 0 Å². The molecule has 2 N–H and O–H groups in total. The first-order chi connectivity index (χ1) is 11.5. The van der Waals surface area contributed by atoms with Gasteiger partial charge in [0.25, 0.3) is 0 Å². The van der Waals surface area contributed by atoms with Crippen molar-refractivity contribution in [1.29, 1.82) is 0 Å². The maximum absolute atomic E-state index is 11.8. The summed E-state index contributed by atoms with van der Waals surface area (Å²) in [6, 6.07) is 1.67. The number of likely N-dealkylation sites (tertiary alicyclic amines) is 1. The molecule has 0 bridgehead atoms. The average molecular weight is 338 g/mol. The first-order valence-electron chi connectivity index (χ1n) is 9.63. The Morgan fingerprint density at radius 1 is 1.29 bits per heavy atom. The van der Waals surface area contributed by atoms with Crippen molar-refractivity contribution in [3.8, 4) is 0 Å². The molecule has 1 aliphatic heterocycles. The molecular formula is C18H35N5O. The van der Waals surface area contributed by atoms with E-state index in [1.54, 1.807) is 0 Å². The number of nitrogens with zero attached hydrogens (tertiary/aromatic N) is 3. The van der Waals surface area contributed by atoms with Gasteiger partial charge in [0.15, 0.2) is 5.96 Å². The molecule has 1 atom stereocenters. The molecule has 6 heteroatoms. The average Bonchev–Trinajstić information content (AvgIpc) is 3.28. The second-order valence-corrected chi connectivity index (χ2v) is 7.15. The Hall–Kier alpha value is -1.30. The third-order valence-electron chi connectivity index (χ3n) is 4.84. The number of aliphatic imine (C=N–C) groups is 1. The lowest BCUT2D eigenvalue weighted by Gasteiger charge is -2.25. The summed E-state index contributed by atoms with van der Waals surface area (Å²) in [4.78, 5) is 21.1. The van der Waals surface area contributed by atoms with Gasteiger partial charge in [0.05, 0.1) is 6.54 Å². The maximum Gasteiger partial charge on any atom is 0.222 e. The van der Waals surface area contributed by atoms with Crippen molar-refractivity contribution in [1.82, 2.24) is 20.4 Å². The highest BCUT2D eigenvalue weighted by Gasteiger charge is 2.30. The highest BCUT2D eigenvalue weighted by Crippen LogP contribution is 2.28. The third-order valence-corrected chi connectivity index (χ3v) is 4.84. The molecule has 0 radical (unpaired) electrons. The van der Waals surface area contributed by atoms with E-state index in [2.05, 4.69) is 36.3 Å². The van der Waals surface area contributed by atoms with Gasteiger partial charge in [-0.05, 0) is 40.0 Å². The van der Waals surface area contributed by atoms with E-state index in [9.17, 15) is 4.79 Å². The fraction of sp³-hybridized carbons (Fsp3) is 0.889. The molecule has 2 rings (SSSR count). The molecule has 2 fully saturated rings. The van der Waals surface area contributed by atoms with Crippen molar-refractivity contribution in [2.45, 2.75) is 71.5 Å². The number of hydrogen-bond acceptors (Lipinski definition) is 3. The number of hydrogen-bond donors (Lipinski definition) is 2. The molecule has 0 aromatic carbocycles. The molecule has 1 saturated heterocycles. The number of carbonyl (C=O) groups excluding carboxylic acids is 1. The van der Waals surface area contributed by atoms with E-state index in [1.165, 1.54) is 12.8 Å². The molecule has 0 aromatic rings. The molecule has 1 amide bonds. The number of carbonyl (C=O) groups is 1. The van der Waals surface area contributed by atoms with Gasteiger partial charge in [-0.25, -0.2) is 0 Å². The van der Waals surface area contributed by atoms with Gasteiger partial charge in [0, 0.05) is 50.7 Å². The normalized spacial score (nSPS) is 21.7. The lowest BCUT2D eigenvalue weighted by molar-refractivity contribution is -0.129. The Morgan fingerprint density at radius 2 is 2.04 bits per heavy atom. The Bertz CT molecular complexity index is 431. The van der Waals surface area contributed by atoms with Crippen molar-refractivity contribution < 1.29 is 4.79 Å². The monoisotopic (exact) mass is 337 g/mol. The minimum Gasteiger partial charge on any atom is -0.357 e. The fourth-order valence-corrected chi connectivity index (χ4v) is 3.39. The Kier molecular flexibility index (Phi) is 7.34. The van der Waals surface area contributed by atoms with Crippen LogP contribution in [-0.2, 0) is 4.79 Å². The van der Waals surface area contributed by atoms with Crippen LogP contribution in [0.3, 0.4) is 0 Å². The SMILES string of the molecule is CCNC(=NCCN(C(C)C)C1CC1)NC1CCN(C(=O)CC)C1. The molecular weight excluding hydrogens is 302 g/mol. The van der Waals surface area contributed by atoms with Crippen LogP contribution in [0, 0.1) is 0 Å². The van der Waals surface area contributed by atoms with Crippen molar-refractivity contribution in [2.75, 3.05) is 32.7 Å². The number of rotatable bonds is 8. The van der Waals surface area contributed by atoms with E-state index in [0.29, 0.717) is 18.5 Å². The van der Waals surface area contributed by atoms with Crippen LogP contribution in [-0.4, -0.2) is 72.5 Å². The summed E-state index contributed by atoms with van der Waals surface area (Å²) in [6.45, 7) is 12.9. The summed E-state index contributed by atoms with van der Waals surface area (Å²) in [5, 5.41) is 6.83. The highest BCUT2D eigenvalue weighted by molar-refractivity contribution is 5.80. The Morgan fingerprint density at radius 3 is 2.62 bits per heavy atom. The summed E-state index contributed by atoms with van der Waals surface area (Å²) >= 11 is 0. The van der Waals surface area contributed by atoms with Crippen LogP contribution < -0.4 is 10.6 Å². The molecule has 1 aliphatic carbocycles. The van der Waals surface area contributed by atoms with Crippen LogP contribution in [0.2, 0.25) is 0 Å². The van der Waals surface area contributed by atoms with Gasteiger partial charge in [-0.3, -0.25) is 14.7 Å². The van der Waals surface area contributed by atoms with Crippen LogP contribution in [0.15, 0.2) is 4.99 Å². The van der Waals surface area contributed by atoms with Gasteiger partial charge in [-0.2, -0.15) is 0 Å². The van der Waals surface area contributed by atoms with Crippen LogP contribution in [0.4, 0.5) is 0 Å². The molecule has 1 saturated carbocycles. The quantitative estimate of drug-likeness (QED) is 0.520. The van der Waals surface area contributed by atoms with Crippen LogP contribution >= 0.6 is 0 Å². The molecule has 1 unspecified atom stereocenters. The highest BCUT2D eigenvalue weighted by atomic mass is 16.2. The van der Waals surface area contributed by atoms with Crippen molar-refractivity contribution in [3.05, 3.63) is 0 Å². The van der Waals surface area contributed by atoms with Crippen molar-refractivity contribution >= 4 is 11.9 Å². The van der Waals surface area contributed by atoms with Crippen molar-refractivity contribution in [2.24, 2.45) is 4.99 Å². The first kappa shape index (κ1) is 19.0. The zero-order valence-corrected chi connectivity index (χ0v) is 15.8. The van der Waals surface area contributed by atoms with Crippen LogP contribution in [0.5, 0.6) is 0 Å². The van der Waals surface area contributed by atoms with Gasteiger partial charge < -0.3 is 15.5 Å². The third kappa shape index (κ3) is 5.65.